The molecule has 0 amide bonds. The Morgan fingerprint density at radius 3 is 2.58 bits per heavy atom. The minimum absolute atomic E-state index is 0.0617. The minimum atomic E-state index is -0.242. The van der Waals surface area contributed by atoms with E-state index in [1.165, 1.54) is 11.1 Å². The van der Waals surface area contributed by atoms with Crippen LogP contribution in [0.15, 0.2) is 71.0 Å². The van der Waals surface area contributed by atoms with E-state index in [2.05, 4.69) is 62.5 Å². The lowest BCUT2D eigenvalue weighted by molar-refractivity contribution is -0.118. The number of ketones is 1. The summed E-state index contributed by atoms with van der Waals surface area (Å²) in [7, 11) is 0. The van der Waals surface area contributed by atoms with Crippen molar-refractivity contribution in [2.24, 2.45) is 5.41 Å². The maximum atomic E-state index is 13.3. The van der Waals surface area contributed by atoms with Crippen LogP contribution < -0.4 is 5.32 Å². The summed E-state index contributed by atoms with van der Waals surface area (Å²) in [4.78, 5) is 18.0. The molecule has 5 nitrogen and oxygen atoms in total. The average Bonchev–Trinajstić information content (AvgIpc) is 3.14. The number of thioether (sulfide) groups is 1. The number of hydrogen-bond acceptors (Lipinski definition) is 5. The molecule has 0 bridgehead atoms. The van der Waals surface area contributed by atoms with E-state index >= 15 is 0 Å². The molecule has 0 saturated carbocycles. The van der Waals surface area contributed by atoms with Crippen LogP contribution in [0, 0.1) is 12.3 Å². The number of aromatic nitrogens is 3. The Bertz CT molecular complexity index is 1160. The van der Waals surface area contributed by atoms with Gasteiger partial charge < -0.3 is 5.32 Å². The van der Waals surface area contributed by atoms with Gasteiger partial charge in [0.1, 0.15) is 6.04 Å². The fourth-order valence-corrected chi connectivity index (χ4v) is 5.21. The molecule has 5 rings (SSSR count). The quantitative estimate of drug-likeness (QED) is 0.551. The third kappa shape index (κ3) is 3.92. The highest BCUT2D eigenvalue weighted by Crippen LogP contribution is 2.45. The first kappa shape index (κ1) is 20.1. The molecule has 2 heterocycles. The van der Waals surface area contributed by atoms with E-state index in [1.807, 2.05) is 22.9 Å². The Morgan fingerprint density at radius 2 is 1.84 bits per heavy atom. The van der Waals surface area contributed by atoms with Crippen molar-refractivity contribution in [3.63, 3.8) is 0 Å². The fraction of sp³-hybridized carbons (Fsp3) is 0.320. The van der Waals surface area contributed by atoms with Crippen LogP contribution >= 0.6 is 11.8 Å². The van der Waals surface area contributed by atoms with Gasteiger partial charge in [-0.3, -0.25) is 4.79 Å². The number of rotatable bonds is 4. The highest BCUT2D eigenvalue weighted by molar-refractivity contribution is 7.98. The molecule has 6 heteroatoms. The number of hydrogen-bond donors (Lipinski definition) is 1. The molecular formula is C25H26N4OS. The van der Waals surface area contributed by atoms with Crippen LogP contribution in [-0.4, -0.2) is 20.5 Å². The maximum Gasteiger partial charge on any atom is 0.227 e. The lowest BCUT2D eigenvalue weighted by Crippen LogP contribution is -2.36. The first-order valence-corrected chi connectivity index (χ1v) is 11.6. The molecule has 1 aromatic heterocycles. The first-order valence-electron chi connectivity index (χ1n) is 10.6. The molecule has 0 radical (unpaired) electrons. The molecular weight excluding hydrogens is 404 g/mol. The zero-order valence-electron chi connectivity index (χ0n) is 18.1. The lowest BCUT2D eigenvalue weighted by Gasteiger charge is -2.38. The van der Waals surface area contributed by atoms with Gasteiger partial charge in [0.15, 0.2) is 5.78 Å². The molecule has 1 aliphatic heterocycles. The van der Waals surface area contributed by atoms with Crippen molar-refractivity contribution in [2.45, 2.75) is 50.6 Å². The standard InChI is InChI=1S/C25H26N4OS/c1-16-9-11-18(12-10-16)22-21-19(13-25(2,3)14-20(21)30)26-23-27-24(28-29(22)23)31-15-17-7-5-4-6-8-17/h4-12,22H,13-15H2,1-3H3,(H,26,27,28). The number of carbonyl (C=O) groups excluding carboxylic acids is 1. The van der Waals surface area contributed by atoms with Crippen molar-refractivity contribution >= 4 is 23.5 Å². The smallest absolute Gasteiger partial charge is 0.227 e. The molecule has 1 N–H and O–H groups in total. The lowest BCUT2D eigenvalue weighted by atomic mass is 9.73. The second kappa shape index (κ2) is 7.68. The van der Waals surface area contributed by atoms with Crippen LogP contribution in [0.1, 0.15) is 49.4 Å². The largest absolute Gasteiger partial charge is 0.328 e. The number of aryl methyl sites for hydroxylation is 1. The minimum Gasteiger partial charge on any atom is -0.328 e. The molecule has 2 aromatic carbocycles. The Labute approximate surface area is 187 Å². The van der Waals surface area contributed by atoms with Crippen molar-refractivity contribution < 1.29 is 4.79 Å². The Hall–Kier alpha value is -2.86. The molecule has 31 heavy (non-hydrogen) atoms. The number of carbonyl (C=O) groups is 1. The Balaban J connectivity index is 1.54. The molecule has 1 aliphatic carbocycles. The summed E-state index contributed by atoms with van der Waals surface area (Å²) in [5.74, 6) is 1.72. The van der Waals surface area contributed by atoms with E-state index in [0.29, 0.717) is 12.4 Å². The average molecular weight is 431 g/mol. The predicted molar refractivity (Wildman–Crippen MR) is 124 cm³/mol. The van der Waals surface area contributed by atoms with Gasteiger partial charge in [-0.2, -0.15) is 4.98 Å². The number of nitrogens with zero attached hydrogens (tertiary/aromatic N) is 3. The van der Waals surface area contributed by atoms with Crippen LogP contribution in [0.4, 0.5) is 5.95 Å². The number of benzene rings is 2. The van der Waals surface area contributed by atoms with Crippen LogP contribution in [0.5, 0.6) is 0 Å². The van der Waals surface area contributed by atoms with Gasteiger partial charge in [0.05, 0.1) is 0 Å². The van der Waals surface area contributed by atoms with Gasteiger partial charge in [-0.15, -0.1) is 5.10 Å². The van der Waals surface area contributed by atoms with Gasteiger partial charge >= 0.3 is 0 Å². The van der Waals surface area contributed by atoms with Crippen LogP contribution in [-0.2, 0) is 10.5 Å². The number of anilines is 1. The fourth-order valence-electron chi connectivity index (χ4n) is 4.43. The monoisotopic (exact) mass is 430 g/mol. The van der Waals surface area contributed by atoms with Crippen molar-refractivity contribution in [1.29, 1.82) is 0 Å². The molecule has 0 spiro atoms. The summed E-state index contributed by atoms with van der Waals surface area (Å²) in [6.45, 7) is 6.37. The van der Waals surface area contributed by atoms with Gasteiger partial charge in [-0.1, -0.05) is 85.8 Å². The maximum absolute atomic E-state index is 13.3. The predicted octanol–water partition coefficient (Wildman–Crippen LogP) is 5.54. The van der Waals surface area contributed by atoms with Gasteiger partial charge in [0, 0.05) is 23.4 Å². The molecule has 2 aliphatic rings. The van der Waals surface area contributed by atoms with Gasteiger partial charge in [-0.25, -0.2) is 4.68 Å². The number of fused-ring (bicyclic) bond motifs is 1. The van der Waals surface area contributed by atoms with Crippen molar-refractivity contribution in [1.82, 2.24) is 14.8 Å². The summed E-state index contributed by atoms with van der Waals surface area (Å²) >= 11 is 1.61. The second-order valence-corrected chi connectivity index (χ2v) is 10.2. The number of allylic oxidation sites excluding steroid dienone is 2. The Morgan fingerprint density at radius 1 is 1.10 bits per heavy atom. The first-order chi connectivity index (χ1) is 14.9. The van der Waals surface area contributed by atoms with Gasteiger partial charge in [0.25, 0.3) is 0 Å². The van der Waals surface area contributed by atoms with Gasteiger partial charge in [-0.05, 0) is 29.9 Å². The van der Waals surface area contributed by atoms with E-state index in [9.17, 15) is 4.79 Å². The van der Waals surface area contributed by atoms with Crippen LogP contribution in [0.2, 0.25) is 0 Å². The number of Topliss-reactive ketones (excluding diaryl/α,β-unsaturated/α-hetero) is 1. The van der Waals surface area contributed by atoms with E-state index in [0.717, 1.165) is 34.2 Å². The summed E-state index contributed by atoms with van der Waals surface area (Å²) in [6, 6.07) is 18.5. The Kier molecular flexibility index (Phi) is 4.97. The molecule has 1 atom stereocenters. The summed E-state index contributed by atoms with van der Waals surface area (Å²) in [5, 5.41) is 8.99. The molecule has 3 aromatic rings. The highest BCUT2D eigenvalue weighted by atomic mass is 32.2. The number of nitrogens with one attached hydrogen (secondary N) is 1. The molecule has 158 valence electrons. The topological polar surface area (TPSA) is 59.8 Å². The SMILES string of the molecule is Cc1ccc(C2C3=C(CC(C)(C)CC3=O)Nc3nc(SCc4ccccc4)nn32)cc1. The van der Waals surface area contributed by atoms with E-state index in [4.69, 9.17) is 10.1 Å². The van der Waals surface area contributed by atoms with E-state index < -0.39 is 0 Å². The van der Waals surface area contributed by atoms with Crippen molar-refractivity contribution in [3.8, 4) is 0 Å². The van der Waals surface area contributed by atoms with Crippen molar-refractivity contribution in [3.05, 3.63) is 82.6 Å². The zero-order chi connectivity index (χ0) is 21.6. The second-order valence-electron chi connectivity index (χ2n) is 9.21. The third-order valence-corrected chi connectivity index (χ3v) is 6.83. The van der Waals surface area contributed by atoms with E-state index in [-0.39, 0.29) is 17.2 Å². The molecule has 1 unspecified atom stereocenters. The van der Waals surface area contributed by atoms with Crippen LogP contribution in [0.3, 0.4) is 0 Å². The van der Waals surface area contributed by atoms with Crippen LogP contribution in [0.25, 0.3) is 0 Å². The summed E-state index contributed by atoms with van der Waals surface area (Å²) < 4.78 is 1.90. The van der Waals surface area contributed by atoms with Gasteiger partial charge in [0.2, 0.25) is 11.1 Å². The zero-order valence-corrected chi connectivity index (χ0v) is 18.9. The molecule has 0 fully saturated rings. The highest BCUT2D eigenvalue weighted by Gasteiger charge is 2.41. The van der Waals surface area contributed by atoms with Crippen molar-refractivity contribution in [2.75, 3.05) is 5.32 Å². The normalized spacial score (nSPS) is 19.6. The summed E-state index contributed by atoms with van der Waals surface area (Å²) in [5.41, 5.74) is 5.26. The third-order valence-electron chi connectivity index (χ3n) is 5.92. The summed E-state index contributed by atoms with van der Waals surface area (Å²) in [6.07, 6.45) is 1.38. The molecule has 0 saturated heterocycles. The van der Waals surface area contributed by atoms with E-state index in [1.54, 1.807) is 11.8 Å².